The van der Waals surface area contributed by atoms with Gasteiger partial charge in [-0.05, 0) is 0 Å². The van der Waals surface area contributed by atoms with Crippen molar-refractivity contribution in [3.05, 3.63) is 0 Å². The van der Waals surface area contributed by atoms with Gasteiger partial charge in [-0.3, -0.25) is 0 Å². The van der Waals surface area contributed by atoms with E-state index in [4.69, 9.17) is 10.2 Å². The van der Waals surface area contributed by atoms with Crippen LogP contribution in [0.3, 0.4) is 0 Å². The van der Waals surface area contributed by atoms with E-state index in [1.165, 1.54) is 19.3 Å². The maximum atomic E-state index is 9.89. The van der Waals surface area contributed by atoms with Crippen molar-refractivity contribution < 1.29 is 24.5 Å². The summed E-state index contributed by atoms with van der Waals surface area (Å²) in [6.45, 7) is 0. The van der Waals surface area contributed by atoms with Crippen LogP contribution in [0.5, 0.6) is 0 Å². The third kappa shape index (κ3) is 5.24. The van der Waals surface area contributed by atoms with Crippen molar-refractivity contribution in [3.8, 4) is 0 Å². The maximum absolute atomic E-state index is 9.89. The molecule has 1 heterocycles. The number of hydrogen-bond donors (Lipinski definition) is 2. The van der Waals surface area contributed by atoms with E-state index < -0.39 is 24.1 Å². The van der Waals surface area contributed by atoms with Crippen molar-refractivity contribution >= 4 is 60.9 Å². The number of ether oxygens (including phenoxy) is 1. The fourth-order valence-corrected chi connectivity index (χ4v) is 3.07. The first-order chi connectivity index (χ1) is 7.52. The molecular weight excluding hydrogens is 239 g/mol. The van der Waals surface area contributed by atoms with Crippen LogP contribution < -0.4 is 0 Å². The van der Waals surface area contributed by atoms with Gasteiger partial charge in [0.05, 0.1) is 0 Å². The molecule has 0 amide bonds. The van der Waals surface area contributed by atoms with Crippen LogP contribution in [0.1, 0.15) is 32.1 Å². The monoisotopic (exact) mass is 254 g/mol. The zero-order chi connectivity index (χ0) is 12.1. The fraction of sp³-hybridized carbons (Fsp3) is 0.800. The second-order valence-corrected chi connectivity index (χ2v) is 6.95. The van der Waals surface area contributed by atoms with Gasteiger partial charge in [0.25, 0.3) is 0 Å². The van der Waals surface area contributed by atoms with Gasteiger partial charge >= 0.3 is 93.0 Å². The summed E-state index contributed by atoms with van der Waals surface area (Å²) >= 11 is 1.13. The van der Waals surface area contributed by atoms with Crippen LogP contribution in [-0.4, -0.2) is 83.3 Å². The van der Waals surface area contributed by atoms with E-state index in [1.807, 2.05) is 0 Å². The van der Waals surface area contributed by atoms with Crippen LogP contribution in [-0.2, 0) is 14.3 Å². The summed E-state index contributed by atoms with van der Waals surface area (Å²) in [4.78, 5) is 19.8. The molecule has 2 atom stereocenters. The Morgan fingerprint density at radius 2 is 1.44 bits per heavy atom. The average Bonchev–Trinajstić information content (AvgIpc) is 2.99. The summed E-state index contributed by atoms with van der Waals surface area (Å²) in [5.41, 5.74) is 0. The molecule has 0 aromatic rings. The molecule has 2 N–H and O–H groups in total. The molecule has 1 aliphatic heterocycles. The van der Waals surface area contributed by atoms with E-state index in [1.54, 1.807) is 12.8 Å². The first-order valence-corrected chi connectivity index (χ1v) is 7.43. The van der Waals surface area contributed by atoms with E-state index in [9.17, 15) is 9.59 Å². The van der Waals surface area contributed by atoms with Crippen LogP contribution in [0.15, 0.2) is 0 Å². The minimum absolute atomic E-state index is 1.12. The topological polar surface area (TPSA) is 87.1 Å². The van der Waals surface area contributed by atoms with Crippen LogP contribution in [0.4, 0.5) is 0 Å². The van der Waals surface area contributed by atoms with Crippen molar-refractivity contribution in [1.29, 1.82) is 0 Å². The van der Waals surface area contributed by atoms with Crippen molar-refractivity contribution in [3.63, 3.8) is 0 Å². The normalized spacial score (nSPS) is 28.9. The summed E-state index contributed by atoms with van der Waals surface area (Å²) in [5, 5.41) is 16.2. The molecule has 2 unspecified atom stereocenters. The Hall–Kier alpha value is 0.536. The molecule has 0 spiro atoms. The predicted molar refractivity (Wildman–Crippen MR) is 56.5 cm³/mol. The number of carboxylic acid groups (broad SMARTS) is 2. The van der Waals surface area contributed by atoms with E-state index in [0.717, 1.165) is 49.0 Å². The van der Waals surface area contributed by atoms with E-state index in [2.05, 4.69) is 4.74 Å². The van der Waals surface area contributed by atoms with Gasteiger partial charge in [0, 0.05) is 0 Å². The molecule has 2 aliphatic rings. The first-order valence-electron chi connectivity index (χ1n) is 5.63. The number of aliphatic carboxylic acids is 2. The third-order valence-electron chi connectivity index (χ3n) is 2.87. The molecule has 86 valence electrons. The Kier molecular flexibility index (Phi) is 6.46. The Morgan fingerprint density at radius 3 is 1.62 bits per heavy atom. The molecule has 2 fully saturated rings. The number of rotatable bonds is 2. The van der Waals surface area contributed by atoms with Gasteiger partial charge in [0.1, 0.15) is 0 Å². The van der Waals surface area contributed by atoms with Crippen molar-refractivity contribution in [2.75, 3.05) is 0 Å². The Balaban J connectivity index is 0.000000165. The molecule has 0 bridgehead atoms. The van der Waals surface area contributed by atoms with Gasteiger partial charge in [0.15, 0.2) is 12.2 Å². The standard InChI is InChI=1S/C6H11.C4H4O5.K/c1-2-4-6-5-3-1;5-3(6)1-2(9-1)4(7)8;/h1H,2-6H2;1-2H,(H,5,6)(H,7,8);. The van der Waals surface area contributed by atoms with Gasteiger partial charge in [-0.25, -0.2) is 9.59 Å². The molecule has 1 aliphatic carbocycles. The number of epoxide rings is 1. The molecule has 6 heteroatoms. The van der Waals surface area contributed by atoms with Crippen LogP contribution in [0.2, 0.25) is 0.0125 Å². The Bertz CT molecular complexity index is 244. The number of carboxylic acids is 2. The summed E-state index contributed by atoms with van der Waals surface area (Å²) in [6.07, 6.45) is 5.48. The zero-order valence-corrected chi connectivity index (χ0v) is 12.5. The van der Waals surface area contributed by atoms with Gasteiger partial charge in [-0.2, -0.15) is 0 Å². The summed E-state index contributed by atoms with van der Waals surface area (Å²) in [5.74, 6) is -2.44. The second-order valence-electron chi connectivity index (χ2n) is 4.40. The molecule has 0 aromatic heterocycles. The summed E-state index contributed by atoms with van der Waals surface area (Å²) < 4.78 is 5.46. The second kappa shape index (κ2) is 7.08. The molecule has 0 aromatic carbocycles. The van der Waals surface area contributed by atoms with Gasteiger partial charge in [-0.15, -0.1) is 0 Å². The molecular formula is C10H15KO5. The van der Waals surface area contributed by atoms with Crippen molar-refractivity contribution in [1.82, 2.24) is 0 Å². The quantitative estimate of drug-likeness (QED) is 0.563. The van der Waals surface area contributed by atoms with Crippen LogP contribution in [0.25, 0.3) is 0 Å². The van der Waals surface area contributed by atoms with Crippen molar-refractivity contribution in [2.24, 2.45) is 0 Å². The zero-order valence-electron chi connectivity index (χ0n) is 9.39. The Morgan fingerprint density at radius 1 is 1.00 bits per heavy atom. The molecule has 2 rings (SSSR count). The average molecular weight is 254 g/mol. The fourth-order valence-electron chi connectivity index (χ4n) is 1.79. The summed E-state index contributed by atoms with van der Waals surface area (Å²) in [6, 6.07) is 0. The minimum atomic E-state index is -1.22. The van der Waals surface area contributed by atoms with Gasteiger partial charge < -0.3 is 14.9 Å². The SMILES string of the molecule is O=C(O)C1OC1C(=O)O.[K][CH]1CCCCC1. The molecule has 1 saturated heterocycles. The Labute approximate surface area is 128 Å². The molecule has 0 radical (unpaired) electrons. The molecule has 1 saturated carbocycles. The molecule has 16 heavy (non-hydrogen) atoms. The van der Waals surface area contributed by atoms with Crippen molar-refractivity contribution in [2.45, 2.75) is 44.3 Å². The number of hydrogen-bond acceptors (Lipinski definition) is 3. The summed E-state index contributed by atoms with van der Waals surface area (Å²) in [7, 11) is 0. The van der Waals surface area contributed by atoms with Gasteiger partial charge in [0.2, 0.25) is 0 Å². The van der Waals surface area contributed by atoms with Gasteiger partial charge in [-0.1, -0.05) is 0 Å². The predicted octanol–water partition coefficient (Wildman–Crippen LogP) is 0.830. The van der Waals surface area contributed by atoms with E-state index in [0.29, 0.717) is 0 Å². The number of carbonyl (C=O) groups is 2. The van der Waals surface area contributed by atoms with E-state index >= 15 is 0 Å². The molecule has 5 nitrogen and oxygen atoms in total. The third-order valence-corrected chi connectivity index (χ3v) is 4.68. The first kappa shape index (κ1) is 14.6. The van der Waals surface area contributed by atoms with Crippen LogP contribution >= 0.6 is 0 Å². The van der Waals surface area contributed by atoms with E-state index in [-0.39, 0.29) is 0 Å². The van der Waals surface area contributed by atoms with Crippen LogP contribution in [0, 0.1) is 0 Å².